The summed E-state index contributed by atoms with van der Waals surface area (Å²) in [5, 5.41) is 0. The summed E-state index contributed by atoms with van der Waals surface area (Å²) >= 11 is 4.71. The van der Waals surface area contributed by atoms with Crippen molar-refractivity contribution in [3.05, 3.63) is 28.0 Å². The number of halogens is 2. The Morgan fingerprint density at radius 3 is 2.65 bits per heavy atom. The predicted molar refractivity (Wildman–Crippen MR) is 84.8 cm³/mol. The van der Waals surface area contributed by atoms with Crippen LogP contribution in [0.3, 0.4) is 0 Å². The summed E-state index contributed by atoms with van der Waals surface area (Å²) in [6.07, 6.45) is 2.53. The number of sulfonamides is 1. The Balaban J connectivity index is 3.18. The molecule has 0 heterocycles. The van der Waals surface area contributed by atoms with Gasteiger partial charge in [-0.15, -0.1) is 0 Å². The van der Waals surface area contributed by atoms with Crippen molar-refractivity contribution < 1.29 is 12.8 Å². The standard InChI is InChI=1S/C12H18BrFN2O2S2/c1-3-10(7-19-2)16-20(17,18)11-5-9(13)4-8(6-15)12(11)14/h4-5,10,16H,3,6-7,15H2,1-2H3. The van der Waals surface area contributed by atoms with E-state index in [1.165, 1.54) is 23.9 Å². The molecule has 4 nitrogen and oxygen atoms in total. The van der Waals surface area contributed by atoms with E-state index in [9.17, 15) is 12.8 Å². The molecule has 1 unspecified atom stereocenters. The summed E-state index contributed by atoms with van der Waals surface area (Å²) in [6, 6.07) is 2.51. The van der Waals surface area contributed by atoms with Crippen LogP contribution in [-0.2, 0) is 16.6 Å². The zero-order chi connectivity index (χ0) is 15.3. The van der Waals surface area contributed by atoms with E-state index in [1.54, 1.807) is 0 Å². The van der Waals surface area contributed by atoms with Crippen LogP contribution in [0.4, 0.5) is 4.39 Å². The number of rotatable bonds is 7. The van der Waals surface area contributed by atoms with Crippen molar-refractivity contribution in [2.75, 3.05) is 12.0 Å². The molecular weight excluding hydrogens is 367 g/mol. The average molecular weight is 385 g/mol. The molecule has 20 heavy (non-hydrogen) atoms. The Morgan fingerprint density at radius 1 is 1.50 bits per heavy atom. The van der Waals surface area contributed by atoms with Crippen molar-refractivity contribution in [2.24, 2.45) is 5.73 Å². The molecule has 0 aliphatic rings. The van der Waals surface area contributed by atoms with Gasteiger partial charge in [0.25, 0.3) is 0 Å². The topological polar surface area (TPSA) is 72.2 Å². The number of thioether (sulfide) groups is 1. The van der Waals surface area contributed by atoms with E-state index in [2.05, 4.69) is 20.7 Å². The fourth-order valence-corrected chi connectivity index (χ4v) is 4.63. The molecule has 0 aromatic heterocycles. The first-order chi connectivity index (χ1) is 9.35. The maximum absolute atomic E-state index is 14.2. The first-order valence-electron chi connectivity index (χ1n) is 6.05. The minimum absolute atomic E-state index is 0.0597. The highest BCUT2D eigenvalue weighted by Crippen LogP contribution is 2.24. The number of hydrogen-bond acceptors (Lipinski definition) is 4. The molecule has 0 fully saturated rings. The molecule has 0 spiro atoms. The van der Waals surface area contributed by atoms with Gasteiger partial charge >= 0.3 is 0 Å². The largest absolute Gasteiger partial charge is 0.326 e. The van der Waals surface area contributed by atoms with Crippen LogP contribution in [0.5, 0.6) is 0 Å². The first kappa shape index (κ1) is 17.9. The second-order valence-electron chi connectivity index (χ2n) is 4.26. The van der Waals surface area contributed by atoms with Gasteiger partial charge in [-0.2, -0.15) is 11.8 Å². The van der Waals surface area contributed by atoms with E-state index in [0.29, 0.717) is 16.6 Å². The van der Waals surface area contributed by atoms with E-state index in [4.69, 9.17) is 5.73 Å². The van der Waals surface area contributed by atoms with Crippen LogP contribution < -0.4 is 10.5 Å². The van der Waals surface area contributed by atoms with Gasteiger partial charge in [0.15, 0.2) is 0 Å². The molecule has 0 aliphatic carbocycles. The Morgan fingerprint density at radius 2 is 2.15 bits per heavy atom. The summed E-state index contributed by atoms with van der Waals surface area (Å²) in [5.41, 5.74) is 5.59. The fraction of sp³-hybridized carbons (Fsp3) is 0.500. The van der Waals surface area contributed by atoms with Crippen LogP contribution in [-0.4, -0.2) is 26.5 Å². The molecule has 8 heteroatoms. The van der Waals surface area contributed by atoms with Gasteiger partial charge in [-0.3, -0.25) is 0 Å². The summed E-state index contributed by atoms with van der Waals surface area (Å²) in [4.78, 5) is -0.369. The van der Waals surface area contributed by atoms with E-state index >= 15 is 0 Å². The Bertz CT molecular complexity index is 567. The molecule has 0 amide bonds. The molecular formula is C12H18BrFN2O2S2. The first-order valence-corrected chi connectivity index (χ1v) is 9.72. The van der Waals surface area contributed by atoms with Crippen molar-refractivity contribution >= 4 is 37.7 Å². The Kier molecular flexibility index (Phi) is 6.93. The van der Waals surface area contributed by atoms with Gasteiger partial charge in [0.2, 0.25) is 10.0 Å². The summed E-state index contributed by atoms with van der Waals surface area (Å²) in [6.45, 7) is 1.82. The van der Waals surface area contributed by atoms with Crippen LogP contribution >= 0.6 is 27.7 Å². The zero-order valence-electron chi connectivity index (χ0n) is 11.3. The highest BCUT2D eigenvalue weighted by atomic mass is 79.9. The lowest BCUT2D eigenvalue weighted by molar-refractivity contribution is 0.536. The van der Waals surface area contributed by atoms with Gasteiger partial charge in [0, 0.05) is 28.4 Å². The van der Waals surface area contributed by atoms with Crippen LogP contribution in [0.1, 0.15) is 18.9 Å². The normalized spacial score (nSPS) is 13.4. The van der Waals surface area contributed by atoms with Gasteiger partial charge in [-0.25, -0.2) is 17.5 Å². The zero-order valence-corrected chi connectivity index (χ0v) is 14.5. The smallest absolute Gasteiger partial charge is 0.243 e. The molecule has 0 saturated heterocycles. The van der Waals surface area contributed by atoms with E-state index in [0.717, 1.165) is 0 Å². The molecule has 0 radical (unpaired) electrons. The lowest BCUT2D eigenvalue weighted by atomic mass is 10.2. The van der Waals surface area contributed by atoms with Gasteiger partial charge in [0.05, 0.1) is 0 Å². The minimum Gasteiger partial charge on any atom is -0.326 e. The molecule has 1 aromatic rings. The van der Waals surface area contributed by atoms with E-state index < -0.39 is 15.8 Å². The maximum atomic E-state index is 14.2. The lowest BCUT2D eigenvalue weighted by Gasteiger charge is -2.17. The van der Waals surface area contributed by atoms with Crippen molar-refractivity contribution in [1.29, 1.82) is 0 Å². The highest BCUT2D eigenvalue weighted by molar-refractivity contribution is 9.10. The number of nitrogens with two attached hydrogens (primary N) is 1. The van der Waals surface area contributed by atoms with Crippen LogP contribution in [0.25, 0.3) is 0 Å². The molecule has 0 aliphatic heterocycles. The second-order valence-corrected chi connectivity index (χ2v) is 7.77. The number of nitrogens with one attached hydrogen (secondary N) is 1. The summed E-state index contributed by atoms with van der Waals surface area (Å²) in [5.74, 6) is -0.156. The third-order valence-corrected chi connectivity index (χ3v) is 5.48. The van der Waals surface area contributed by atoms with Crippen molar-refractivity contribution in [1.82, 2.24) is 4.72 Å². The molecule has 1 aromatic carbocycles. The number of benzene rings is 1. The SMILES string of the molecule is CCC(CSC)NS(=O)(=O)c1cc(Br)cc(CN)c1F. The summed E-state index contributed by atoms with van der Waals surface area (Å²) in [7, 11) is -3.90. The molecule has 1 rings (SSSR count). The predicted octanol–water partition coefficient (Wildman–Crippen LogP) is 2.47. The monoisotopic (exact) mass is 384 g/mol. The molecule has 0 saturated carbocycles. The molecule has 0 bridgehead atoms. The third-order valence-electron chi connectivity index (χ3n) is 2.77. The molecule has 1 atom stereocenters. The average Bonchev–Trinajstić information content (AvgIpc) is 2.40. The van der Waals surface area contributed by atoms with E-state index in [1.807, 2.05) is 13.2 Å². The van der Waals surface area contributed by atoms with Gasteiger partial charge in [-0.05, 0) is 24.8 Å². The van der Waals surface area contributed by atoms with Crippen LogP contribution in [0, 0.1) is 5.82 Å². The Hall–Kier alpha value is -0.150. The maximum Gasteiger partial charge on any atom is 0.243 e. The lowest BCUT2D eigenvalue weighted by Crippen LogP contribution is -2.36. The van der Waals surface area contributed by atoms with Gasteiger partial charge in [-0.1, -0.05) is 22.9 Å². The highest BCUT2D eigenvalue weighted by Gasteiger charge is 2.24. The fourth-order valence-electron chi connectivity index (χ4n) is 1.68. The van der Waals surface area contributed by atoms with Crippen LogP contribution in [0.2, 0.25) is 0 Å². The van der Waals surface area contributed by atoms with Crippen LogP contribution in [0.15, 0.2) is 21.5 Å². The van der Waals surface area contributed by atoms with Crippen molar-refractivity contribution in [2.45, 2.75) is 30.8 Å². The second kappa shape index (κ2) is 7.74. The number of hydrogen-bond donors (Lipinski definition) is 2. The minimum atomic E-state index is -3.90. The molecule has 3 N–H and O–H groups in total. The van der Waals surface area contributed by atoms with Crippen molar-refractivity contribution in [3.8, 4) is 0 Å². The summed E-state index contributed by atoms with van der Waals surface area (Å²) < 4.78 is 41.8. The van der Waals surface area contributed by atoms with Gasteiger partial charge < -0.3 is 5.73 Å². The quantitative estimate of drug-likeness (QED) is 0.757. The Labute approximate surface area is 131 Å². The van der Waals surface area contributed by atoms with Crippen molar-refractivity contribution in [3.63, 3.8) is 0 Å². The van der Waals surface area contributed by atoms with Gasteiger partial charge in [0.1, 0.15) is 10.7 Å². The molecule has 114 valence electrons. The third kappa shape index (κ3) is 4.42. The van der Waals surface area contributed by atoms with E-state index in [-0.39, 0.29) is 23.0 Å².